The third-order valence-electron chi connectivity index (χ3n) is 4.48. The SMILES string of the molecule is CCc1cc(O)c(C(=O)OC)c(CC)c1CC(O)c1c(Cl)cccc1Cl. The predicted molar refractivity (Wildman–Crippen MR) is 103 cm³/mol. The Kier molecular flexibility index (Phi) is 6.93. The van der Waals surface area contributed by atoms with Crippen molar-refractivity contribution in [3.63, 3.8) is 0 Å². The highest BCUT2D eigenvalue weighted by Gasteiger charge is 2.25. The number of halogens is 2. The molecule has 0 heterocycles. The minimum absolute atomic E-state index is 0.112. The van der Waals surface area contributed by atoms with Gasteiger partial charge in [0.25, 0.3) is 0 Å². The van der Waals surface area contributed by atoms with E-state index in [0.717, 1.165) is 11.1 Å². The maximum atomic E-state index is 12.1. The lowest BCUT2D eigenvalue weighted by Gasteiger charge is -2.21. The summed E-state index contributed by atoms with van der Waals surface area (Å²) in [6.07, 6.45) is 0.423. The number of phenols is 1. The molecule has 2 aromatic carbocycles. The van der Waals surface area contributed by atoms with Crippen LogP contribution in [0.2, 0.25) is 10.0 Å². The Morgan fingerprint density at radius 3 is 2.27 bits per heavy atom. The summed E-state index contributed by atoms with van der Waals surface area (Å²) in [5.41, 5.74) is 2.91. The highest BCUT2D eigenvalue weighted by atomic mass is 35.5. The van der Waals surface area contributed by atoms with Gasteiger partial charge in [-0.15, -0.1) is 0 Å². The van der Waals surface area contributed by atoms with Crippen molar-refractivity contribution in [3.05, 3.63) is 62.1 Å². The lowest BCUT2D eigenvalue weighted by atomic mass is 9.87. The van der Waals surface area contributed by atoms with Gasteiger partial charge in [0.05, 0.1) is 13.2 Å². The largest absolute Gasteiger partial charge is 0.507 e. The Labute approximate surface area is 163 Å². The molecule has 0 aliphatic carbocycles. The summed E-state index contributed by atoms with van der Waals surface area (Å²) < 4.78 is 4.81. The molecule has 0 bridgehead atoms. The molecule has 0 aliphatic heterocycles. The van der Waals surface area contributed by atoms with E-state index in [1.165, 1.54) is 7.11 Å². The molecule has 0 fully saturated rings. The van der Waals surface area contributed by atoms with Gasteiger partial charge >= 0.3 is 5.97 Å². The van der Waals surface area contributed by atoms with E-state index in [-0.39, 0.29) is 17.7 Å². The van der Waals surface area contributed by atoms with Crippen LogP contribution in [0, 0.1) is 0 Å². The summed E-state index contributed by atoms with van der Waals surface area (Å²) in [5, 5.41) is 21.8. The van der Waals surface area contributed by atoms with E-state index in [4.69, 9.17) is 27.9 Å². The molecule has 0 aliphatic rings. The molecule has 26 heavy (non-hydrogen) atoms. The van der Waals surface area contributed by atoms with E-state index in [2.05, 4.69) is 0 Å². The maximum Gasteiger partial charge on any atom is 0.341 e. The molecule has 2 aromatic rings. The summed E-state index contributed by atoms with van der Waals surface area (Å²) >= 11 is 12.4. The number of hydrogen-bond acceptors (Lipinski definition) is 4. The molecule has 0 radical (unpaired) electrons. The second kappa shape index (κ2) is 8.76. The lowest BCUT2D eigenvalue weighted by molar-refractivity contribution is 0.0595. The number of carbonyl (C=O) groups is 1. The van der Waals surface area contributed by atoms with Gasteiger partial charge in [0.15, 0.2) is 0 Å². The molecule has 0 aromatic heterocycles. The van der Waals surface area contributed by atoms with Gasteiger partial charge < -0.3 is 14.9 Å². The number of aliphatic hydroxyl groups excluding tert-OH is 1. The molecular weight excluding hydrogens is 375 g/mol. The second-order valence-corrected chi connectivity index (χ2v) is 6.76. The van der Waals surface area contributed by atoms with Crippen LogP contribution < -0.4 is 0 Å². The topological polar surface area (TPSA) is 66.8 Å². The fraction of sp³-hybridized carbons (Fsp3) is 0.350. The average Bonchev–Trinajstić information content (AvgIpc) is 2.61. The first-order valence-electron chi connectivity index (χ1n) is 8.42. The van der Waals surface area contributed by atoms with Crippen LogP contribution in [0.1, 0.15) is 52.6 Å². The number of aryl methyl sites for hydroxylation is 1. The van der Waals surface area contributed by atoms with Crippen LogP contribution in [-0.2, 0) is 24.0 Å². The number of phenolic OH excluding ortho intramolecular Hbond substituents is 1. The molecule has 2 rings (SSSR count). The quantitative estimate of drug-likeness (QED) is 0.682. The molecular formula is C20H22Cl2O4. The predicted octanol–water partition coefficient (Wildman–Crippen LogP) is 4.89. The van der Waals surface area contributed by atoms with Crippen molar-refractivity contribution in [2.45, 2.75) is 39.2 Å². The Hall–Kier alpha value is -1.75. The third-order valence-corrected chi connectivity index (χ3v) is 5.13. The zero-order chi connectivity index (χ0) is 19.4. The molecule has 0 saturated heterocycles. The molecule has 6 heteroatoms. The van der Waals surface area contributed by atoms with Gasteiger partial charge in [0.1, 0.15) is 11.3 Å². The molecule has 4 nitrogen and oxygen atoms in total. The van der Waals surface area contributed by atoms with Crippen LogP contribution in [0.15, 0.2) is 24.3 Å². The zero-order valence-electron chi connectivity index (χ0n) is 15.0. The minimum Gasteiger partial charge on any atom is -0.507 e. The number of ether oxygens (including phenoxy) is 1. The smallest absolute Gasteiger partial charge is 0.341 e. The third kappa shape index (κ3) is 3.98. The molecule has 0 saturated carbocycles. The highest BCUT2D eigenvalue weighted by molar-refractivity contribution is 6.36. The van der Waals surface area contributed by atoms with Crippen molar-refractivity contribution in [2.24, 2.45) is 0 Å². The summed E-state index contributed by atoms with van der Waals surface area (Å²) in [4.78, 5) is 12.1. The number of aromatic hydroxyl groups is 1. The number of benzene rings is 2. The fourth-order valence-corrected chi connectivity index (χ4v) is 3.89. The normalized spacial score (nSPS) is 12.1. The summed E-state index contributed by atoms with van der Waals surface area (Å²) in [6, 6.07) is 6.61. The van der Waals surface area contributed by atoms with Crippen molar-refractivity contribution < 1.29 is 19.7 Å². The van der Waals surface area contributed by atoms with E-state index in [1.807, 2.05) is 13.8 Å². The van der Waals surface area contributed by atoms with Crippen LogP contribution in [0.25, 0.3) is 0 Å². The minimum atomic E-state index is -0.943. The van der Waals surface area contributed by atoms with Crippen molar-refractivity contribution >= 4 is 29.2 Å². The number of aliphatic hydroxyl groups is 1. The number of carbonyl (C=O) groups excluding carboxylic acids is 1. The highest BCUT2D eigenvalue weighted by Crippen LogP contribution is 2.36. The van der Waals surface area contributed by atoms with E-state index in [0.29, 0.717) is 34.0 Å². The second-order valence-electron chi connectivity index (χ2n) is 5.94. The Morgan fingerprint density at radius 2 is 1.77 bits per heavy atom. The summed E-state index contributed by atoms with van der Waals surface area (Å²) in [7, 11) is 1.27. The van der Waals surface area contributed by atoms with Crippen LogP contribution in [0.3, 0.4) is 0 Å². The van der Waals surface area contributed by atoms with Gasteiger partial charge in [0, 0.05) is 22.0 Å². The first-order chi connectivity index (χ1) is 12.3. The molecule has 0 amide bonds. The van der Waals surface area contributed by atoms with E-state index < -0.39 is 12.1 Å². The van der Waals surface area contributed by atoms with Gasteiger partial charge in [-0.3, -0.25) is 0 Å². The zero-order valence-corrected chi connectivity index (χ0v) is 16.5. The van der Waals surface area contributed by atoms with Crippen molar-refractivity contribution in [3.8, 4) is 5.75 Å². The monoisotopic (exact) mass is 396 g/mol. The molecule has 140 valence electrons. The fourth-order valence-electron chi connectivity index (χ4n) is 3.24. The standard InChI is InChI=1S/C20H22Cl2O4/c1-4-11-9-16(23)18(20(25)26-3)12(5-2)13(11)10-17(24)19-14(21)7-6-8-15(19)22/h6-9,17,23-24H,4-5,10H2,1-3H3. The summed E-state index contributed by atoms with van der Waals surface area (Å²) in [6.45, 7) is 3.84. The molecule has 0 spiro atoms. The van der Waals surface area contributed by atoms with E-state index >= 15 is 0 Å². The Balaban J connectivity index is 2.59. The van der Waals surface area contributed by atoms with Gasteiger partial charge in [-0.1, -0.05) is 43.1 Å². The Bertz CT molecular complexity index is 798. The van der Waals surface area contributed by atoms with Gasteiger partial charge in [0.2, 0.25) is 0 Å². The first-order valence-corrected chi connectivity index (χ1v) is 9.18. The number of hydrogen-bond donors (Lipinski definition) is 2. The lowest BCUT2D eigenvalue weighted by Crippen LogP contribution is -2.13. The molecule has 1 unspecified atom stereocenters. The average molecular weight is 397 g/mol. The number of rotatable bonds is 6. The van der Waals surface area contributed by atoms with E-state index in [9.17, 15) is 15.0 Å². The van der Waals surface area contributed by atoms with Crippen molar-refractivity contribution in [2.75, 3.05) is 7.11 Å². The maximum absolute atomic E-state index is 12.1. The van der Waals surface area contributed by atoms with Crippen molar-refractivity contribution in [1.82, 2.24) is 0 Å². The Morgan fingerprint density at radius 1 is 1.15 bits per heavy atom. The van der Waals surface area contributed by atoms with Gasteiger partial charge in [-0.25, -0.2) is 4.79 Å². The van der Waals surface area contributed by atoms with Gasteiger partial charge in [-0.2, -0.15) is 0 Å². The first kappa shape index (κ1) is 20.6. The van der Waals surface area contributed by atoms with Crippen LogP contribution in [-0.4, -0.2) is 23.3 Å². The molecule has 1 atom stereocenters. The van der Waals surface area contributed by atoms with Crippen LogP contribution in [0.4, 0.5) is 0 Å². The number of esters is 1. The van der Waals surface area contributed by atoms with Crippen LogP contribution in [0.5, 0.6) is 5.75 Å². The summed E-state index contributed by atoms with van der Waals surface area (Å²) in [5.74, 6) is -0.715. The molecule has 2 N–H and O–H groups in total. The number of methoxy groups -OCH3 is 1. The van der Waals surface area contributed by atoms with Crippen LogP contribution >= 0.6 is 23.2 Å². The van der Waals surface area contributed by atoms with Crippen molar-refractivity contribution in [1.29, 1.82) is 0 Å². The van der Waals surface area contributed by atoms with Gasteiger partial charge in [-0.05, 0) is 47.7 Å². The van der Waals surface area contributed by atoms with E-state index in [1.54, 1.807) is 24.3 Å².